The first kappa shape index (κ1) is 15.3. The largest absolute Gasteiger partial charge is 0.354 e. The number of carbonyl (C=O) groups excluding carboxylic acids is 2. The lowest BCUT2D eigenvalue weighted by molar-refractivity contribution is -0.135. The van der Waals surface area contributed by atoms with Crippen molar-refractivity contribution in [1.82, 2.24) is 10.2 Å². The molecule has 0 aromatic carbocycles. The molecule has 6 nitrogen and oxygen atoms in total. The molecule has 1 atom stereocenters. The van der Waals surface area contributed by atoms with E-state index in [1.807, 2.05) is 0 Å². The minimum absolute atomic E-state index is 0.0174. The Kier molecular flexibility index (Phi) is 5.01. The first-order valence-corrected chi connectivity index (χ1v) is 9.03. The van der Waals surface area contributed by atoms with E-state index in [4.69, 9.17) is 0 Å². The van der Waals surface area contributed by atoms with Gasteiger partial charge in [-0.1, -0.05) is 6.42 Å². The van der Waals surface area contributed by atoms with Crippen molar-refractivity contribution in [1.29, 1.82) is 0 Å². The third-order valence-corrected chi connectivity index (χ3v) is 5.76. The van der Waals surface area contributed by atoms with Crippen LogP contribution in [-0.4, -0.2) is 56.3 Å². The van der Waals surface area contributed by atoms with Crippen molar-refractivity contribution in [2.75, 3.05) is 31.1 Å². The number of nitrogens with zero attached hydrogens (tertiary/aromatic N) is 1. The fourth-order valence-electron chi connectivity index (χ4n) is 2.73. The summed E-state index contributed by atoms with van der Waals surface area (Å²) in [5.74, 6) is 0.253. The molecule has 0 aliphatic carbocycles. The van der Waals surface area contributed by atoms with Crippen LogP contribution in [0.2, 0.25) is 0 Å². The molecule has 2 fully saturated rings. The van der Waals surface area contributed by atoms with Crippen LogP contribution in [0.1, 0.15) is 32.1 Å². The van der Waals surface area contributed by atoms with Gasteiger partial charge in [0.15, 0.2) is 9.84 Å². The van der Waals surface area contributed by atoms with Crippen LogP contribution in [0.15, 0.2) is 0 Å². The number of hydrogen-bond acceptors (Lipinski definition) is 4. The van der Waals surface area contributed by atoms with E-state index in [2.05, 4.69) is 5.32 Å². The molecule has 114 valence electrons. The normalized spacial score (nSPS) is 26.3. The molecule has 0 unspecified atom stereocenters. The van der Waals surface area contributed by atoms with Crippen LogP contribution >= 0.6 is 0 Å². The van der Waals surface area contributed by atoms with E-state index in [0.29, 0.717) is 25.9 Å². The smallest absolute Gasteiger partial charge is 0.239 e. The van der Waals surface area contributed by atoms with E-state index < -0.39 is 9.84 Å². The molecule has 20 heavy (non-hydrogen) atoms. The summed E-state index contributed by atoms with van der Waals surface area (Å²) in [4.78, 5) is 25.2. The van der Waals surface area contributed by atoms with Gasteiger partial charge in [-0.15, -0.1) is 0 Å². The second kappa shape index (κ2) is 6.56. The highest BCUT2D eigenvalue weighted by molar-refractivity contribution is 7.91. The first-order valence-electron chi connectivity index (χ1n) is 7.21. The maximum atomic E-state index is 11.8. The summed E-state index contributed by atoms with van der Waals surface area (Å²) in [6.45, 7) is 1.13. The molecule has 0 spiro atoms. The minimum atomic E-state index is -2.90. The molecule has 7 heteroatoms. The Bertz CT molecular complexity index is 475. The van der Waals surface area contributed by atoms with E-state index in [-0.39, 0.29) is 35.8 Å². The van der Waals surface area contributed by atoms with Crippen molar-refractivity contribution in [3.05, 3.63) is 0 Å². The molecule has 0 saturated carbocycles. The number of hydrogen-bond donors (Lipinski definition) is 1. The third kappa shape index (κ3) is 4.47. The standard InChI is InChI=1S/C13H22N2O4S/c16-12(9-15-6-3-1-2-4-13(15)17)14-8-11-5-7-20(18,19)10-11/h11H,1-10H2,(H,14,16)/t11-/m1/s1. The van der Waals surface area contributed by atoms with Crippen LogP contribution in [0.4, 0.5) is 0 Å². The summed E-state index contributed by atoms with van der Waals surface area (Å²) in [5.41, 5.74) is 0. The summed E-state index contributed by atoms with van der Waals surface area (Å²) in [5, 5.41) is 2.75. The van der Waals surface area contributed by atoms with Crippen LogP contribution in [0.25, 0.3) is 0 Å². The van der Waals surface area contributed by atoms with Gasteiger partial charge >= 0.3 is 0 Å². The van der Waals surface area contributed by atoms with E-state index in [1.165, 1.54) is 0 Å². The van der Waals surface area contributed by atoms with Crippen LogP contribution < -0.4 is 5.32 Å². The molecule has 2 rings (SSSR count). The molecule has 2 saturated heterocycles. The lowest BCUT2D eigenvalue weighted by Gasteiger charge is -2.20. The SMILES string of the molecule is O=C(CN1CCCCCC1=O)NC[C@H]1CCS(=O)(=O)C1. The Balaban J connectivity index is 1.73. The highest BCUT2D eigenvalue weighted by Gasteiger charge is 2.28. The zero-order valence-electron chi connectivity index (χ0n) is 11.6. The molecule has 2 amide bonds. The third-order valence-electron chi connectivity index (χ3n) is 3.92. The molecule has 2 aliphatic heterocycles. The number of nitrogens with one attached hydrogen (secondary N) is 1. The maximum absolute atomic E-state index is 11.8. The zero-order chi connectivity index (χ0) is 14.6. The molecular formula is C13H22N2O4S. The van der Waals surface area contributed by atoms with Gasteiger partial charge in [0.2, 0.25) is 11.8 Å². The van der Waals surface area contributed by atoms with Gasteiger partial charge in [0.25, 0.3) is 0 Å². The van der Waals surface area contributed by atoms with Crippen molar-refractivity contribution < 1.29 is 18.0 Å². The molecule has 0 aromatic heterocycles. The van der Waals surface area contributed by atoms with Gasteiger partial charge in [-0.2, -0.15) is 0 Å². The molecule has 2 aliphatic rings. The number of carbonyl (C=O) groups is 2. The Morgan fingerprint density at radius 1 is 1.30 bits per heavy atom. The van der Waals surface area contributed by atoms with Crippen LogP contribution in [0.3, 0.4) is 0 Å². The molecular weight excluding hydrogens is 280 g/mol. The Morgan fingerprint density at radius 2 is 2.10 bits per heavy atom. The molecule has 1 N–H and O–H groups in total. The van der Waals surface area contributed by atoms with Gasteiger partial charge in [0.1, 0.15) is 0 Å². The number of sulfone groups is 1. The van der Waals surface area contributed by atoms with Gasteiger partial charge in [0, 0.05) is 19.5 Å². The van der Waals surface area contributed by atoms with Crippen molar-refractivity contribution >= 4 is 21.7 Å². The van der Waals surface area contributed by atoms with Crippen molar-refractivity contribution in [2.24, 2.45) is 5.92 Å². The summed E-state index contributed by atoms with van der Waals surface area (Å²) >= 11 is 0. The first-order chi connectivity index (χ1) is 9.46. The molecule has 0 radical (unpaired) electrons. The fraction of sp³-hybridized carbons (Fsp3) is 0.846. The van der Waals surface area contributed by atoms with Gasteiger partial charge in [0.05, 0.1) is 18.1 Å². The van der Waals surface area contributed by atoms with Crippen LogP contribution in [0, 0.1) is 5.92 Å². The fourth-order valence-corrected chi connectivity index (χ4v) is 4.59. The van der Waals surface area contributed by atoms with Crippen molar-refractivity contribution in [3.63, 3.8) is 0 Å². The Morgan fingerprint density at radius 3 is 2.80 bits per heavy atom. The highest BCUT2D eigenvalue weighted by atomic mass is 32.2. The van der Waals surface area contributed by atoms with Gasteiger partial charge in [-0.05, 0) is 25.2 Å². The molecule has 0 bridgehead atoms. The average molecular weight is 302 g/mol. The molecule has 0 aromatic rings. The average Bonchev–Trinajstić information content (AvgIpc) is 2.61. The van der Waals surface area contributed by atoms with Crippen LogP contribution in [-0.2, 0) is 19.4 Å². The van der Waals surface area contributed by atoms with E-state index in [9.17, 15) is 18.0 Å². The quantitative estimate of drug-likeness (QED) is 0.788. The minimum Gasteiger partial charge on any atom is -0.354 e. The van der Waals surface area contributed by atoms with Gasteiger partial charge in [-0.25, -0.2) is 8.42 Å². The maximum Gasteiger partial charge on any atom is 0.239 e. The predicted octanol–water partition coefficient (Wildman–Crippen LogP) is -0.0601. The summed E-state index contributed by atoms with van der Waals surface area (Å²) in [7, 11) is -2.90. The zero-order valence-corrected chi connectivity index (χ0v) is 12.5. The number of likely N-dealkylation sites (tertiary alicyclic amines) is 1. The van der Waals surface area contributed by atoms with E-state index in [1.54, 1.807) is 4.90 Å². The van der Waals surface area contributed by atoms with E-state index in [0.717, 1.165) is 19.3 Å². The predicted molar refractivity (Wildman–Crippen MR) is 74.8 cm³/mol. The van der Waals surface area contributed by atoms with Gasteiger partial charge < -0.3 is 10.2 Å². The lowest BCUT2D eigenvalue weighted by Crippen LogP contribution is -2.41. The van der Waals surface area contributed by atoms with Crippen molar-refractivity contribution in [3.8, 4) is 0 Å². The van der Waals surface area contributed by atoms with Crippen LogP contribution in [0.5, 0.6) is 0 Å². The van der Waals surface area contributed by atoms with Gasteiger partial charge in [-0.3, -0.25) is 9.59 Å². The monoisotopic (exact) mass is 302 g/mol. The lowest BCUT2D eigenvalue weighted by atomic mass is 10.1. The molecule has 2 heterocycles. The second-order valence-corrected chi connectivity index (χ2v) is 7.93. The number of rotatable bonds is 4. The second-order valence-electron chi connectivity index (χ2n) is 5.70. The van der Waals surface area contributed by atoms with E-state index >= 15 is 0 Å². The Labute approximate surface area is 119 Å². The summed E-state index contributed by atoms with van der Waals surface area (Å²) < 4.78 is 22.6. The van der Waals surface area contributed by atoms with Crippen molar-refractivity contribution in [2.45, 2.75) is 32.1 Å². The summed E-state index contributed by atoms with van der Waals surface area (Å²) in [6, 6.07) is 0. The topological polar surface area (TPSA) is 83.6 Å². The Hall–Kier alpha value is -1.11. The number of amides is 2. The summed E-state index contributed by atoms with van der Waals surface area (Å²) in [6.07, 6.45) is 4.01. The highest BCUT2D eigenvalue weighted by Crippen LogP contribution is 2.17.